The molecule has 23 heavy (non-hydrogen) atoms. The Balaban J connectivity index is 1.45. The Bertz CT molecular complexity index is 588. The summed E-state index contributed by atoms with van der Waals surface area (Å²) in [6.45, 7) is 9.58. The fraction of sp³-hybridized carbons (Fsp3) is 0.789. The van der Waals surface area contributed by atoms with Crippen molar-refractivity contribution in [2.75, 3.05) is 19.6 Å². The summed E-state index contributed by atoms with van der Waals surface area (Å²) in [6, 6.07) is 0. The van der Waals surface area contributed by atoms with Gasteiger partial charge in [-0.25, -0.2) is 0 Å². The molecule has 0 aromatic carbocycles. The zero-order chi connectivity index (χ0) is 15.8. The van der Waals surface area contributed by atoms with Gasteiger partial charge in [-0.2, -0.15) is 0 Å². The fourth-order valence-corrected chi connectivity index (χ4v) is 4.88. The number of rotatable bonds is 3. The van der Waals surface area contributed by atoms with E-state index in [1.54, 1.807) is 5.57 Å². The van der Waals surface area contributed by atoms with Gasteiger partial charge in [-0.05, 0) is 57.4 Å². The van der Waals surface area contributed by atoms with Crippen molar-refractivity contribution in [3.63, 3.8) is 0 Å². The van der Waals surface area contributed by atoms with Gasteiger partial charge in [0.05, 0.1) is 0 Å². The fourth-order valence-electron chi connectivity index (χ4n) is 4.88. The highest BCUT2D eigenvalue weighted by Gasteiger charge is 2.31. The third-order valence-electron chi connectivity index (χ3n) is 6.32. The number of fused-ring (bicyclic) bond motifs is 1. The monoisotopic (exact) mass is 314 g/mol. The van der Waals surface area contributed by atoms with Crippen molar-refractivity contribution >= 4 is 0 Å². The Labute approximate surface area is 140 Å². The summed E-state index contributed by atoms with van der Waals surface area (Å²) in [7, 11) is 0. The molecule has 0 N–H and O–H groups in total. The van der Waals surface area contributed by atoms with Crippen LogP contribution in [0.25, 0.3) is 0 Å². The van der Waals surface area contributed by atoms with E-state index < -0.39 is 0 Å². The summed E-state index contributed by atoms with van der Waals surface area (Å²) in [5.74, 6) is 4.67. The first-order chi connectivity index (χ1) is 11.2. The lowest BCUT2D eigenvalue weighted by atomic mass is 9.79. The minimum absolute atomic E-state index is 0.589. The maximum atomic E-state index is 4.55. The van der Waals surface area contributed by atoms with Gasteiger partial charge in [0.1, 0.15) is 11.6 Å². The van der Waals surface area contributed by atoms with Crippen LogP contribution in [0.1, 0.15) is 63.5 Å². The maximum Gasteiger partial charge on any atom is 0.137 e. The summed E-state index contributed by atoms with van der Waals surface area (Å²) >= 11 is 0. The summed E-state index contributed by atoms with van der Waals surface area (Å²) in [6.07, 6.45) is 10.1. The molecule has 3 heterocycles. The lowest BCUT2D eigenvalue weighted by Crippen LogP contribution is -2.40. The first kappa shape index (κ1) is 15.4. The van der Waals surface area contributed by atoms with Crippen molar-refractivity contribution in [2.45, 2.75) is 64.8 Å². The van der Waals surface area contributed by atoms with Crippen LogP contribution >= 0.6 is 0 Å². The quantitative estimate of drug-likeness (QED) is 0.802. The molecule has 126 valence electrons. The molecule has 0 spiro atoms. The van der Waals surface area contributed by atoms with E-state index in [0.717, 1.165) is 24.8 Å². The second kappa shape index (κ2) is 6.39. The predicted octanol–water partition coefficient (Wildman–Crippen LogP) is 3.40. The molecule has 3 aliphatic rings. The van der Waals surface area contributed by atoms with E-state index in [0.29, 0.717) is 5.92 Å². The van der Waals surface area contributed by atoms with Crippen LogP contribution in [-0.4, -0.2) is 39.3 Å². The van der Waals surface area contributed by atoms with Crippen LogP contribution in [0.3, 0.4) is 0 Å². The van der Waals surface area contributed by atoms with Gasteiger partial charge in [0.25, 0.3) is 0 Å². The molecule has 0 amide bonds. The maximum absolute atomic E-state index is 4.55. The average Bonchev–Trinajstić information content (AvgIpc) is 3.14. The first-order valence-corrected chi connectivity index (χ1v) is 9.53. The van der Waals surface area contributed by atoms with Crippen LogP contribution in [0.5, 0.6) is 0 Å². The molecule has 1 saturated heterocycles. The minimum Gasteiger partial charge on any atom is -0.315 e. The second-order valence-electron chi connectivity index (χ2n) is 7.94. The highest BCUT2D eigenvalue weighted by Crippen LogP contribution is 2.33. The van der Waals surface area contributed by atoms with Gasteiger partial charge in [0.15, 0.2) is 0 Å². The van der Waals surface area contributed by atoms with Crippen molar-refractivity contribution in [1.29, 1.82) is 0 Å². The van der Waals surface area contributed by atoms with E-state index in [4.69, 9.17) is 0 Å². The molecular weight excluding hydrogens is 284 g/mol. The Morgan fingerprint density at radius 2 is 2.09 bits per heavy atom. The molecule has 0 radical (unpaired) electrons. The smallest absolute Gasteiger partial charge is 0.137 e. The molecule has 1 aromatic heterocycles. The third kappa shape index (κ3) is 2.98. The molecule has 4 heteroatoms. The number of piperidine rings is 1. The van der Waals surface area contributed by atoms with Crippen LogP contribution < -0.4 is 0 Å². The van der Waals surface area contributed by atoms with Crippen LogP contribution in [-0.2, 0) is 13.0 Å². The summed E-state index contributed by atoms with van der Waals surface area (Å²) < 4.78 is 2.41. The molecule has 1 aromatic rings. The molecule has 0 bridgehead atoms. The van der Waals surface area contributed by atoms with E-state index in [2.05, 4.69) is 39.6 Å². The summed E-state index contributed by atoms with van der Waals surface area (Å²) in [4.78, 5) is 2.70. The number of nitrogens with zero attached hydrogens (tertiary/aromatic N) is 4. The number of allylic oxidation sites excluding steroid dienone is 1. The van der Waals surface area contributed by atoms with Crippen molar-refractivity contribution in [1.82, 2.24) is 19.7 Å². The highest BCUT2D eigenvalue weighted by molar-refractivity contribution is 5.11. The van der Waals surface area contributed by atoms with Crippen LogP contribution in [0.2, 0.25) is 0 Å². The third-order valence-corrected chi connectivity index (χ3v) is 6.32. The lowest BCUT2D eigenvalue weighted by Gasteiger charge is -2.38. The SMILES string of the molecule is CC1=CCC[C@H](C)[C@@H]1CN1CCC[C@@H](c2nnc3n2CCC3)C1. The normalized spacial score (nSPS) is 31.9. The van der Waals surface area contributed by atoms with Gasteiger partial charge in [-0.15, -0.1) is 10.2 Å². The van der Waals surface area contributed by atoms with Gasteiger partial charge in [-0.1, -0.05) is 18.6 Å². The lowest BCUT2D eigenvalue weighted by molar-refractivity contribution is 0.160. The zero-order valence-corrected chi connectivity index (χ0v) is 14.7. The number of aryl methyl sites for hydroxylation is 1. The Morgan fingerprint density at radius 3 is 2.96 bits per heavy atom. The van der Waals surface area contributed by atoms with E-state index in [-0.39, 0.29) is 0 Å². The molecule has 1 fully saturated rings. The van der Waals surface area contributed by atoms with Gasteiger partial charge < -0.3 is 9.47 Å². The van der Waals surface area contributed by atoms with Crippen molar-refractivity contribution in [3.05, 3.63) is 23.3 Å². The van der Waals surface area contributed by atoms with E-state index in [1.807, 2.05) is 0 Å². The molecule has 0 saturated carbocycles. The first-order valence-electron chi connectivity index (χ1n) is 9.53. The largest absolute Gasteiger partial charge is 0.315 e. The number of likely N-dealkylation sites (tertiary alicyclic amines) is 1. The predicted molar refractivity (Wildman–Crippen MR) is 92.4 cm³/mol. The molecular formula is C19H30N4. The summed E-state index contributed by atoms with van der Waals surface area (Å²) in [5.41, 5.74) is 1.62. The topological polar surface area (TPSA) is 34.0 Å². The molecule has 4 rings (SSSR count). The standard InChI is InChI=1S/C19H30N4/c1-14-6-3-7-15(2)17(14)13-22-10-4-8-16(12-22)19-21-20-18-9-5-11-23(18)19/h6,15-17H,3-5,7-13H2,1-2H3/t15-,16+,17+/m0/s1. The molecule has 1 aliphatic carbocycles. The Kier molecular flexibility index (Phi) is 4.27. The highest BCUT2D eigenvalue weighted by atomic mass is 15.3. The van der Waals surface area contributed by atoms with Gasteiger partial charge in [-0.3, -0.25) is 0 Å². The van der Waals surface area contributed by atoms with E-state index >= 15 is 0 Å². The molecule has 3 atom stereocenters. The number of hydrogen-bond acceptors (Lipinski definition) is 3. The molecule has 0 unspecified atom stereocenters. The summed E-state index contributed by atoms with van der Waals surface area (Å²) in [5, 5.41) is 8.97. The number of hydrogen-bond donors (Lipinski definition) is 0. The van der Waals surface area contributed by atoms with Crippen molar-refractivity contribution in [2.24, 2.45) is 11.8 Å². The zero-order valence-electron chi connectivity index (χ0n) is 14.7. The Morgan fingerprint density at radius 1 is 1.17 bits per heavy atom. The van der Waals surface area contributed by atoms with Gasteiger partial charge in [0, 0.05) is 32.0 Å². The van der Waals surface area contributed by atoms with Crippen LogP contribution in [0.4, 0.5) is 0 Å². The van der Waals surface area contributed by atoms with Gasteiger partial charge in [0.2, 0.25) is 0 Å². The van der Waals surface area contributed by atoms with Crippen LogP contribution in [0, 0.1) is 11.8 Å². The molecule has 2 aliphatic heterocycles. The Hall–Kier alpha value is -1.16. The average molecular weight is 314 g/mol. The second-order valence-corrected chi connectivity index (χ2v) is 7.94. The van der Waals surface area contributed by atoms with E-state index in [1.165, 1.54) is 63.4 Å². The van der Waals surface area contributed by atoms with Crippen molar-refractivity contribution < 1.29 is 0 Å². The van der Waals surface area contributed by atoms with E-state index in [9.17, 15) is 0 Å². The minimum atomic E-state index is 0.589. The number of aromatic nitrogens is 3. The van der Waals surface area contributed by atoms with Gasteiger partial charge >= 0.3 is 0 Å². The molecule has 4 nitrogen and oxygen atoms in total. The van der Waals surface area contributed by atoms with Crippen LogP contribution in [0.15, 0.2) is 11.6 Å². The van der Waals surface area contributed by atoms with Crippen molar-refractivity contribution in [3.8, 4) is 0 Å².